The van der Waals surface area contributed by atoms with Gasteiger partial charge < -0.3 is 25.2 Å². The Bertz CT molecular complexity index is 1500. The Morgan fingerprint density at radius 3 is 2.50 bits per heavy atom. The highest BCUT2D eigenvalue weighted by Gasteiger charge is 2.42. The van der Waals surface area contributed by atoms with E-state index in [1.54, 1.807) is 24.4 Å². The number of benzene rings is 2. The highest BCUT2D eigenvalue weighted by atomic mass is 32.1. The summed E-state index contributed by atoms with van der Waals surface area (Å²) in [6.07, 6.45) is 1.74. The molecule has 0 spiro atoms. The van der Waals surface area contributed by atoms with Crippen LogP contribution in [0.1, 0.15) is 45.1 Å². The maximum Gasteiger partial charge on any atom is 0.335 e. The van der Waals surface area contributed by atoms with Crippen LogP contribution in [0.4, 0.5) is 5.69 Å². The van der Waals surface area contributed by atoms with Gasteiger partial charge in [0.25, 0.3) is 0 Å². The standard InChI is InChI=1S/C29H27N5O3S/c1-18-15-23(19(2)34(18)22-12-8-9-20(16-22)28(36)37)27-26(24-13-6-7-14-30-24)32-29(38)33(27)17-25(35)31-21-10-4-3-5-11-21/h3-16,26-27H,17H2,1-2H3,(H,31,35)(H,32,38)(H,36,37). The van der Waals surface area contributed by atoms with E-state index in [2.05, 4.69) is 21.7 Å². The van der Waals surface area contributed by atoms with E-state index in [0.717, 1.165) is 28.3 Å². The largest absolute Gasteiger partial charge is 0.478 e. The fourth-order valence-corrected chi connectivity index (χ4v) is 5.36. The molecule has 1 saturated heterocycles. The first-order chi connectivity index (χ1) is 18.3. The van der Waals surface area contributed by atoms with Crippen molar-refractivity contribution in [2.24, 2.45) is 0 Å². The van der Waals surface area contributed by atoms with E-state index in [0.29, 0.717) is 10.8 Å². The van der Waals surface area contributed by atoms with Crippen molar-refractivity contribution in [1.29, 1.82) is 0 Å². The first-order valence-corrected chi connectivity index (χ1v) is 12.6. The first-order valence-electron chi connectivity index (χ1n) is 12.2. The molecule has 2 aromatic heterocycles. The molecule has 4 aromatic rings. The van der Waals surface area contributed by atoms with E-state index in [1.807, 2.05) is 77.9 Å². The molecule has 0 bridgehead atoms. The van der Waals surface area contributed by atoms with E-state index in [4.69, 9.17) is 12.2 Å². The van der Waals surface area contributed by atoms with Crippen molar-refractivity contribution in [2.45, 2.75) is 25.9 Å². The number of para-hydroxylation sites is 1. The van der Waals surface area contributed by atoms with Crippen molar-refractivity contribution in [3.63, 3.8) is 0 Å². The minimum atomic E-state index is -0.981. The second-order valence-electron chi connectivity index (χ2n) is 9.19. The maximum atomic E-state index is 13.1. The number of thiocarbonyl (C=S) groups is 1. The van der Waals surface area contributed by atoms with Crippen molar-refractivity contribution >= 4 is 34.9 Å². The number of carboxylic acids is 1. The lowest BCUT2D eigenvalue weighted by molar-refractivity contribution is -0.116. The smallest absolute Gasteiger partial charge is 0.335 e. The number of carbonyl (C=O) groups is 2. The summed E-state index contributed by atoms with van der Waals surface area (Å²) in [7, 11) is 0. The lowest BCUT2D eigenvalue weighted by Crippen LogP contribution is -2.37. The third kappa shape index (κ3) is 4.88. The number of anilines is 1. The maximum absolute atomic E-state index is 13.1. The van der Waals surface area contributed by atoms with Crippen molar-refractivity contribution < 1.29 is 14.7 Å². The summed E-state index contributed by atoms with van der Waals surface area (Å²) in [4.78, 5) is 31.2. The van der Waals surface area contributed by atoms with Gasteiger partial charge in [-0.15, -0.1) is 0 Å². The Labute approximate surface area is 225 Å². The molecule has 0 saturated carbocycles. The van der Waals surface area contributed by atoms with Crippen LogP contribution in [0.15, 0.2) is 85.1 Å². The van der Waals surface area contributed by atoms with E-state index in [-0.39, 0.29) is 30.1 Å². The summed E-state index contributed by atoms with van der Waals surface area (Å²) >= 11 is 5.73. The van der Waals surface area contributed by atoms with Crippen LogP contribution < -0.4 is 10.6 Å². The van der Waals surface area contributed by atoms with Crippen LogP contribution >= 0.6 is 12.2 Å². The van der Waals surface area contributed by atoms with E-state index in [9.17, 15) is 14.7 Å². The number of aromatic nitrogens is 2. The van der Waals surface area contributed by atoms with Crippen molar-refractivity contribution in [3.8, 4) is 5.69 Å². The number of hydrogen-bond donors (Lipinski definition) is 3. The molecule has 192 valence electrons. The molecule has 8 nitrogen and oxygen atoms in total. The SMILES string of the molecule is Cc1cc(C2C(c3ccccn3)NC(=S)N2CC(=O)Nc2ccccc2)c(C)n1-c1cccc(C(=O)O)c1. The van der Waals surface area contributed by atoms with E-state index < -0.39 is 5.97 Å². The predicted molar refractivity (Wildman–Crippen MR) is 149 cm³/mol. The fourth-order valence-electron chi connectivity index (χ4n) is 5.05. The molecular weight excluding hydrogens is 498 g/mol. The Morgan fingerprint density at radius 2 is 1.79 bits per heavy atom. The van der Waals surface area contributed by atoms with Gasteiger partial charge in [-0.1, -0.05) is 30.3 Å². The van der Waals surface area contributed by atoms with Gasteiger partial charge in [0.05, 0.1) is 23.3 Å². The van der Waals surface area contributed by atoms with Crippen LogP contribution in [0.5, 0.6) is 0 Å². The first kappa shape index (κ1) is 25.2. The summed E-state index contributed by atoms with van der Waals surface area (Å²) in [5.41, 5.74) is 5.32. The summed E-state index contributed by atoms with van der Waals surface area (Å²) in [5.74, 6) is -1.17. The number of aromatic carboxylic acids is 1. The predicted octanol–water partition coefficient (Wildman–Crippen LogP) is 4.80. The van der Waals surface area contributed by atoms with Crippen LogP contribution in [0.3, 0.4) is 0 Å². The quantitative estimate of drug-likeness (QED) is 0.298. The van der Waals surface area contributed by atoms with Crippen LogP contribution in [0.25, 0.3) is 5.69 Å². The molecule has 1 amide bonds. The number of carboxylic acid groups (broad SMARTS) is 1. The molecule has 0 radical (unpaired) electrons. The van der Waals surface area contributed by atoms with Gasteiger partial charge in [-0.25, -0.2) is 4.79 Å². The third-order valence-corrected chi connectivity index (χ3v) is 7.06. The van der Waals surface area contributed by atoms with Gasteiger partial charge in [-0.3, -0.25) is 9.78 Å². The molecule has 3 N–H and O–H groups in total. The molecule has 5 rings (SSSR count). The lowest BCUT2D eigenvalue weighted by atomic mass is 9.96. The minimum Gasteiger partial charge on any atom is -0.478 e. The number of nitrogens with zero attached hydrogens (tertiary/aromatic N) is 3. The van der Waals surface area contributed by atoms with Gasteiger partial charge in [0.2, 0.25) is 5.91 Å². The topological polar surface area (TPSA) is 99.5 Å². The summed E-state index contributed by atoms with van der Waals surface area (Å²) in [5, 5.41) is 16.3. The second kappa shape index (κ2) is 10.5. The summed E-state index contributed by atoms with van der Waals surface area (Å²) < 4.78 is 2.03. The Kier molecular flexibility index (Phi) is 6.93. The van der Waals surface area contributed by atoms with Crippen LogP contribution in [-0.2, 0) is 4.79 Å². The van der Waals surface area contributed by atoms with Crippen LogP contribution in [-0.4, -0.2) is 43.1 Å². The average molecular weight is 526 g/mol. The molecule has 2 atom stereocenters. The highest BCUT2D eigenvalue weighted by molar-refractivity contribution is 7.80. The monoisotopic (exact) mass is 525 g/mol. The minimum absolute atomic E-state index is 0.0485. The third-order valence-electron chi connectivity index (χ3n) is 6.71. The van der Waals surface area contributed by atoms with Gasteiger partial charge in [-0.05, 0) is 80.2 Å². The summed E-state index contributed by atoms with van der Waals surface area (Å²) in [6, 6.07) is 23.4. The van der Waals surface area contributed by atoms with Crippen molar-refractivity contribution in [2.75, 3.05) is 11.9 Å². The van der Waals surface area contributed by atoms with Gasteiger partial charge in [0.15, 0.2) is 5.11 Å². The number of carbonyl (C=O) groups excluding carboxylic acids is 1. The molecule has 9 heteroatoms. The summed E-state index contributed by atoms with van der Waals surface area (Å²) in [6.45, 7) is 4.02. The zero-order valence-corrected chi connectivity index (χ0v) is 21.8. The van der Waals surface area contributed by atoms with Crippen LogP contribution in [0.2, 0.25) is 0 Å². The van der Waals surface area contributed by atoms with Gasteiger partial charge >= 0.3 is 5.97 Å². The second-order valence-corrected chi connectivity index (χ2v) is 9.57. The molecule has 1 fully saturated rings. The Morgan fingerprint density at radius 1 is 1.03 bits per heavy atom. The molecular formula is C29H27N5O3S. The van der Waals surface area contributed by atoms with Gasteiger partial charge in [0.1, 0.15) is 6.54 Å². The molecule has 2 unspecified atom stereocenters. The van der Waals surface area contributed by atoms with Crippen molar-refractivity contribution in [1.82, 2.24) is 19.8 Å². The lowest BCUT2D eigenvalue weighted by Gasteiger charge is -2.27. The molecule has 38 heavy (non-hydrogen) atoms. The number of rotatable bonds is 7. The normalized spacial score (nSPS) is 16.8. The zero-order chi connectivity index (χ0) is 26.8. The Hall–Kier alpha value is -4.50. The van der Waals surface area contributed by atoms with Crippen molar-refractivity contribution in [3.05, 3.63) is 113 Å². The molecule has 2 aromatic carbocycles. The number of pyridine rings is 1. The van der Waals surface area contributed by atoms with E-state index in [1.165, 1.54) is 0 Å². The molecule has 1 aliphatic rings. The molecule has 3 heterocycles. The van der Waals surface area contributed by atoms with Gasteiger partial charge in [-0.2, -0.15) is 0 Å². The number of amides is 1. The molecule has 0 aliphatic carbocycles. The molecule has 1 aliphatic heterocycles. The zero-order valence-electron chi connectivity index (χ0n) is 21.0. The fraction of sp³-hybridized carbons (Fsp3) is 0.172. The van der Waals surface area contributed by atoms with Crippen LogP contribution in [0, 0.1) is 13.8 Å². The number of aryl methyl sites for hydroxylation is 1. The van der Waals surface area contributed by atoms with E-state index >= 15 is 0 Å². The number of nitrogens with one attached hydrogen (secondary N) is 2. The van der Waals surface area contributed by atoms with Gasteiger partial charge in [0, 0.05) is 29.0 Å². The Balaban J connectivity index is 1.55. The number of hydrogen-bond acceptors (Lipinski definition) is 4. The average Bonchev–Trinajstić information content (AvgIpc) is 3.39. The highest BCUT2D eigenvalue weighted by Crippen LogP contribution is 2.41.